The van der Waals surface area contributed by atoms with Gasteiger partial charge in [-0.1, -0.05) is 24.2 Å². The lowest BCUT2D eigenvalue weighted by atomic mass is 10.1. The first-order valence-electron chi connectivity index (χ1n) is 8.51. The third kappa shape index (κ3) is 1.72. The van der Waals surface area contributed by atoms with E-state index in [0.29, 0.717) is 41.9 Å². The normalized spacial score (nSPS) is 22.8. The summed E-state index contributed by atoms with van der Waals surface area (Å²) in [7, 11) is 0. The number of halogens is 1. The summed E-state index contributed by atoms with van der Waals surface area (Å²) < 4.78 is 21.3. The number of rotatable bonds is 2. The highest BCUT2D eigenvalue weighted by Gasteiger charge is 2.42. The molecule has 0 bridgehead atoms. The van der Waals surface area contributed by atoms with Crippen molar-refractivity contribution in [3.8, 4) is 5.69 Å². The molecule has 2 atom stereocenters. The zero-order valence-corrected chi connectivity index (χ0v) is 13.9. The van der Waals surface area contributed by atoms with Crippen molar-refractivity contribution in [2.45, 2.75) is 19.3 Å². The van der Waals surface area contributed by atoms with Crippen LogP contribution in [0.25, 0.3) is 5.69 Å². The molecule has 3 aromatic rings. The van der Waals surface area contributed by atoms with Gasteiger partial charge < -0.3 is 4.52 Å². The molecule has 8 nitrogen and oxygen atoms in total. The van der Waals surface area contributed by atoms with E-state index >= 15 is 0 Å². The SMILES string of the molecule is CC1CC1c1noc(N2CN=C3c4ccccc4-n4c(cnc4F)N32)n1. The number of para-hydroxylation sites is 1. The summed E-state index contributed by atoms with van der Waals surface area (Å²) in [5, 5.41) is 7.65. The van der Waals surface area contributed by atoms with Crippen molar-refractivity contribution in [3.05, 3.63) is 47.9 Å². The molecule has 9 heteroatoms. The average Bonchev–Trinajstić information content (AvgIpc) is 3.05. The van der Waals surface area contributed by atoms with E-state index in [4.69, 9.17) is 4.52 Å². The molecule has 1 fully saturated rings. The highest BCUT2D eigenvalue weighted by molar-refractivity contribution is 6.16. The molecule has 130 valence electrons. The molecule has 2 aliphatic heterocycles. The van der Waals surface area contributed by atoms with E-state index in [1.807, 2.05) is 24.3 Å². The van der Waals surface area contributed by atoms with Crippen LogP contribution in [0.3, 0.4) is 0 Å². The number of benzene rings is 1. The molecule has 1 aliphatic carbocycles. The maximum Gasteiger partial charge on any atom is 0.345 e. The summed E-state index contributed by atoms with van der Waals surface area (Å²) in [4.78, 5) is 13.0. The number of imidazole rings is 1. The lowest BCUT2D eigenvalue weighted by Crippen LogP contribution is -2.45. The summed E-state index contributed by atoms with van der Waals surface area (Å²) in [6.45, 7) is 2.49. The van der Waals surface area contributed by atoms with E-state index in [1.165, 1.54) is 10.8 Å². The molecular weight excluding hydrogens is 337 g/mol. The maximum atomic E-state index is 14.4. The molecule has 0 amide bonds. The first-order chi connectivity index (χ1) is 12.7. The molecule has 1 saturated carbocycles. The minimum absolute atomic E-state index is 0.318. The van der Waals surface area contributed by atoms with Crippen LogP contribution in [0.1, 0.15) is 30.7 Å². The Morgan fingerprint density at radius 3 is 2.96 bits per heavy atom. The lowest BCUT2D eigenvalue weighted by Gasteiger charge is -2.32. The minimum atomic E-state index is -0.573. The Bertz CT molecular complexity index is 1070. The predicted molar refractivity (Wildman–Crippen MR) is 90.7 cm³/mol. The van der Waals surface area contributed by atoms with Crippen molar-refractivity contribution in [2.24, 2.45) is 10.9 Å². The number of aromatic nitrogens is 4. The van der Waals surface area contributed by atoms with Crippen molar-refractivity contribution in [1.82, 2.24) is 19.7 Å². The average molecular weight is 351 g/mol. The molecule has 2 unspecified atom stereocenters. The molecule has 1 aromatic carbocycles. The van der Waals surface area contributed by atoms with E-state index < -0.39 is 6.08 Å². The summed E-state index contributed by atoms with van der Waals surface area (Å²) in [5.74, 6) is 2.94. The molecule has 6 rings (SSSR count). The van der Waals surface area contributed by atoms with Crippen LogP contribution in [0.2, 0.25) is 0 Å². The Labute approximate surface area is 147 Å². The first kappa shape index (κ1) is 14.0. The molecule has 0 saturated heterocycles. The standard InChI is InChI=1S/C17H14FN7O/c1-9-6-11(9)14-21-17(26-22-14)23-8-20-15-10-4-2-3-5-12(10)24-13(25(15)23)7-19-16(24)18/h2-5,7,9,11H,6,8H2,1H3. The van der Waals surface area contributed by atoms with Gasteiger partial charge in [0.1, 0.15) is 6.67 Å². The molecule has 2 aromatic heterocycles. The number of nitrogens with zero attached hydrogens (tertiary/aromatic N) is 7. The van der Waals surface area contributed by atoms with E-state index in [-0.39, 0.29) is 0 Å². The number of hydrogen-bond donors (Lipinski definition) is 0. The van der Waals surface area contributed by atoms with Crippen LogP contribution < -0.4 is 10.0 Å². The topological polar surface area (TPSA) is 75.6 Å². The van der Waals surface area contributed by atoms with Crippen LogP contribution >= 0.6 is 0 Å². The Balaban J connectivity index is 1.47. The van der Waals surface area contributed by atoms with Crippen molar-refractivity contribution in [3.63, 3.8) is 0 Å². The lowest BCUT2D eigenvalue weighted by molar-refractivity contribution is 0.408. The fraction of sp³-hybridized carbons (Fsp3) is 0.294. The largest absolute Gasteiger partial charge is 0.345 e. The highest BCUT2D eigenvalue weighted by atomic mass is 19.1. The van der Waals surface area contributed by atoms with Crippen LogP contribution in [0.4, 0.5) is 16.2 Å². The van der Waals surface area contributed by atoms with Crippen LogP contribution in [-0.2, 0) is 0 Å². The number of aliphatic imine (C=N–C) groups is 1. The molecule has 0 radical (unpaired) electrons. The van der Waals surface area contributed by atoms with Gasteiger partial charge in [0.15, 0.2) is 17.5 Å². The second-order valence-electron chi connectivity index (χ2n) is 6.83. The van der Waals surface area contributed by atoms with Gasteiger partial charge in [-0.25, -0.2) is 20.0 Å². The fourth-order valence-corrected chi connectivity index (χ4v) is 3.67. The number of fused-ring (bicyclic) bond motifs is 6. The smallest absolute Gasteiger partial charge is 0.313 e. The van der Waals surface area contributed by atoms with Gasteiger partial charge in [-0.05, 0) is 24.5 Å². The van der Waals surface area contributed by atoms with Crippen molar-refractivity contribution in [2.75, 3.05) is 16.7 Å². The number of hydrogen-bond acceptors (Lipinski definition) is 7. The first-order valence-corrected chi connectivity index (χ1v) is 8.51. The quantitative estimate of drug-likeness (QED) is 0.706. The Hall–Kier alpha value is -3.23. The maximum absolute atomic E-state index is 14.4. The van der Waals surface area contributed by atoms with Crippen LogP contribution in [-0.4, -0.2) is 32.2 Å². The van der Waals surface area contributed by atoms with Gasteiger partial charge in [0, 0.05) is 11.5 Å². The molecule has 4 heterocycles. The number of hydrazine groups is 1. The van der Waals surface area contributed by atoms with Gasteiger partial charge in [0.2, 0.25) is 0 Å². The zero-order chi connectivity index (χ0) is 17.4. The zero-order valence-electron chi connectivity index (χ0n) is 13.9. The van der Waals surface area contributed by atoms with E-state index in [2.05, 4.69) is 27.0 Å². The second-order valence-corrected chi connectivity index (χ2v) is 6.83. The Kier molecular flexibility index (Phi) is 2.52. The highest BCUT2D eigenvalue weighted by Crippen LogP contribution is 2.46. The number of amidine groups is 1. The Morgan fingerprint density at radius 2 is 2.12 bits per heavy atom. The molecule has 26 heavy (non-hydrogen) atoms. The molecular formula is C17H14FN7O. The van der Waals surface area contributed by atoms with Crippen LogP contribution in [0.5, 0.6) is 0 Å². The van der Waals surface area contributed by atoms with Crippen LogP contribution in [0, 0.1) is 12.0 Å². The second kappa shape index (κ2) is 4.69. The monoisotopic (exact) mass is 351 g/mol. The van der Waals surface area contributed by atoms with Gasteiger partial charge in [-0.2, -0.15) is 9.37 Å². The third-order valence-corrected chi connectivity index (χ3v) is 5.19. The van der Waals surface area contributed by atoms with Crippen molar-refractivity contribution in [1.29, 1.82) is 0 Å². The molecule has 0 spiro atoms. The van der Waals surface area contributed by atoms with Gasteiger partial charge in [-0.15, -0.1) is 0 Å². The van der Waals surface area contributed by atoms with Crippen molar-refractivity contribution < 1.29 is 8.91 Å². The minimum Gasteiger partial charge on any atom is -0.313 e. The summed E-state index contributed by atoms with van der Waals surface area (Å²) >= 11 is 0. The third-order valence-electron chi connectivity index (χ3n) is 5.19. The summed E-state index contributed by atoms with van der Waals surface area (Å²) in [6.07, 6.45) is 1.99. The van der Waals surface area contributed by atoms with E-state index in [1.54, 1.807) is 10.0 Å². The van der Waals surface area contributed by atoms with Gasteiger partial charge in [0.25, 0.3) is 6.08 Å². The van der Waals surface area contributed by atoms with Gasteiger partial charge in [-0.3, -0.25) is 4.57 Å². The van der Waals surface area contributed by atoms with Crippen molar-refractivity contribution >= 4 is 17.7 Å². The number of anilines is 2. The Morgan fingerprint density at radius 1 is 1.27 bits per heavy atom. The summed E-state index contributed by atoms with van der Waals surface area (Å²) in [5.41, 5.74) is 1.54. The molecule has 3 aliphatic rings. The predicted octanol–water partition coefficient (Wildman–Crippen LogP) is 2.48. The molecule has 0 N–H and O–H groups in total. The van der Waals surface area contributed by atoms with E-state index in [9.17, 15) is 4.39 Å². The van der Waals surface area contributed by atoms with Gasteiger partial charge in [0.05, 0.1) is 11.9 Å². The van der Waals surface area contributed by atoms with Gasteiger partial charge >= 0.3 is 6.01 Å². The van der Waals surface area contributed by atoms with E-state index in [0.717, 1.165) is 17.8 Å². The fourth-order valence-electron chi connectivity index (χ4n) is 3.67. The van der Waals surface area contributed by atoms with Crippen LogP contribution in [0.15, 0.2) is 40.0 Å². The summed E-state index contributed by atoms with van der Waals surface area (Å²) in [6, 6.07) is 7.89.